The summed E-state index contributed by atoms with van der Waals surface area (Å²) in [6.45, 7) is 6.11. The van der Waals surface area contributed by atoms with Gasteiger partial charge in [0.2, 0.25) is 0 Å². The van der Waals surface area contributed by atoms with Crippen LogP contribution in [-0.4, -0.2) is 24.1 Å². The lowest BCUT2D eigenvalue weighted by atomic mass is 10.6. The van der Waals surface area contributed by atoms with Crippen molar-refractivity contribution in [2.45, 2.75) is 27.7 Å². The molecule has 74 valence electrons. The highest BCUT2D eigenvalue weighted by molar-refractivity contribution is 8.76. The van der Waals surface area contributed by atoms with Crippen LogP contribution in [0, 0.1) is 0 Å². The third-order valence-electron chi connectivity index (χ3n) is 0.167. The quantitative estimate of drug-likeness (QED) is 0.623. The molecule has 0 unspecified atom stereocenters. The second kappa shape index (κ2) is 17.2. The van der Waals surface area contributed by atoms with Gasteiger partial charge in [-0.05, 0) is 40.2 Å². The van der Waals surface area contributed by atoms with Crippen LogP contribution >= 0.6 is 21.6 Å². The van der Waals surface area contributed by atoms with Crippen LogP contribution < -0.4 is 0 Å². The van der Waals surface area contributed by atoms with Crippen molar-refractivity contribution in [3.8, 4) is 0 Å². The summed E-state index contributed by atoms with van der Waals surface area (Å²) in [6.07, 6.45) is 4.12. The third kappa shape index (κ3) is 759. The van der Waals surface area contributed by atoms with E-state index in [1.807, 2.05) is 0 Å². The number of rotatable bonds is 1. The van der Waals surface area contributed by atoms with Gasteiger partial charge in [0.15, 0.2) is 0 Å². The zero-order chi connectivity index (χ0) is 10.6. The van der Waals surface area contributed by atoms with Gasteiger partial charge in [-0.2, -0.15) is 0 Å². The van der Waals surface area contributed by atoms with Gasteiger partial charge in [-0.25, -0.2) is 0 Å². The molecule has 0 rings (SSSR count). The molecule has 0 aromatic carbocycles. The van der Waals surface area contributed by atoms with Crippen LogP contribution in [0.15, 0.2) is 0 Å². The Balaban J connectivity index is -0.000000101. The molecule has 0 aliphatic rings. The smallest absolute Gasteiger partial charge is 0.126 e. The highest BCUT2D eigenvalue weighted by Crippen LogP contribution is 2.09. The van der Waals surface area contributed by atoms with Crippen molar-refractivity contribution in [1.29, 1.82) is 0 Å². The van der Waals surface area contributed by atoms with E-state index in [-0.39, 0.29) is 11.6 Å². The maximum Gasteiger partial charge on any atom is 0.126 e. The van der Waals surface area contributed by atoms with Crippen molar-refractivity contribution in [1.82, 2.24) is 0 Å². The SMILES string of the molecule is CC(C)=O.CC(C)=O.CSSC. The molecule has 2 nitrogen and oxygen atoms in total. The lowest BCUT2D eigenvalue weighted by Gasteiger charge is -1.69. The molecule has 0 radical (unpaired) electrons. The Labute approximate surface area is 83.3 Å². The average molecular weight is 210 g/mol. The Morgan fingerprint density at radius 2 is 0.833 bits per heavy atom. The third-order valence-corrected chi connectivity index (χ3v) is 1.50. The van der Waals surface area contributed by atoms with E-state index in [1.165, 1.54) is 27.7 Å². The fraction of sp³-hybridized carbons (Fsp3) is 0.750. The van der Waals surface area contributed by atoms with Gasteiger partial charge in [0, 0.05) is 0 Å². The Hall–Kier alpha value is 0.0400. The van der Waals surface area contributed by atoms with Gasteiger partial charge in [0.25, 0.3) is 0 Å². The summed E-state index contributed by atoms with van der Waals surface area (Å²) in [6, 6.07) is 0. The molecule has 0 heterocycles. The maximum atomic E-state index is 9.44. The normalized spacial score (nSPS) is 6.83. The lowest BCUT2D eigenvalue weighted by Crippen LogP contribution is -1.69. The van der Waals surface area contributed by atoms with Crippen molar-refractivity contribution < 1.29 is 9.59 Å². The first-order valence-electron chi connectivity index (χ1n) is 3.39. The highest BCUT2D eigenvalue weighted by atomic mass is 33.1. The van der Waals surface area contributed by atoms with E-state index in [0.29, 0.717) is 0 Å². The van der Waals surface area contributed by atoms with Crippen LogP contribution in [0.5, 0.6) is 0 Å². The molecule has 0 saturated carbocycles. The molecule has 0 N–H and O–H groups in total. The van der Waals surface area contributed by atoms with Crippen molar-refractivity contribution in [2.75, 3.05) is 12.5 Å². The predicted molar refractivity (Wildman–Crippen MR) is 59.7 cm³/mol. The fourth-order valence-corrected chi connectivity index (χ4v) is 0. The molecular weight excluding hydrogens is 192 g/mol. The molecule has 0 aromatic heterocycles. The zero-order valence-electron chi connectivity index (χ0n) is 8.63. The summed E-state index contributed by atoms with van der Waals surface area (Å²) < 4.78 is 0. The number of ketones is 2. The average Bonchev–Trinajstić information content (AvgIpc) is 1.85. The molecule has 0 atom stereocenters. The molecule has 0 bridgehead atoms. The Morgan fingerprint density at radius 1 is 0.750 bits per heavy atom. The van der Waals surface area contributed by atoms with Crippen molar-refractivity contribution >= 4 is 33.2 Å². The van der Waals surface area contributed by atoms with Crippen LogP contribution in [0.2, 0.25) is 0 Å². The zero-order valence-corrected chi connectivity index (χ0v) is 10.3. The van der Waals surface area contributed by atoms with E-state index in [9.17, 15) is 9.59 Å². The van der Waals surface area contributed by atoms with Gasteiger partial charge < -0.3 is 9.59 Å². The number of Topliss-reactive ketones (excluding diaryl/α,β-unsaturated/α-hetero) is 2. The monoisotopic (exact) mass is 210 g/mol. The summed E-state index contributed by atoms with van der Waals surface area (Å²) in [4.78, 5) is 18.9. The molecule has 0 fully saturated rings. The molecule has 0 aromatic rings. The standard InChI is InChI=1S/2C3H6O.C2H6S2/c2*1-3(2)4;1-3-4-2/h3*1-2H3. The summed E-state index contributed by atoms with van der Waals surface area (Å²) in [5, 5.41) is 0. The van der Waals surface area contributed by atoms with Crippen molar-refractivity contribution in [3.63, 3.8) is 0 Å². The van der Waals surface area contributed by atoms with Crippen LogP contribution in [-0.2, 0) is 9.59 Å². The largest absolute Gasteiger partial charge is 0.300 e. The molecule has 0 spiro atoms. The second-order valence-electron chi connectivity index (χ2n) is 2.15. The predicted octanol–water partition coefficient (Wildman–Crippen LogP) is 2.82. The number of hydrogen-bond donors (Lipinski definition) is 0. The molecule has 0 saturated heterocycles. The first kappa shape index (κ1) is 18.0. The number of carbonyl (C=O) groups is 2. The Morgan fingerprint density at radius 3 is 0.833 bits per heavy atom. The molecular formula is C8H18O2S2. The van der Waals surface area contributed by atoms with Gasteiger partial charge in [-0.1, -0.05) is 21.6 Å². The van der Waals surface area contributed by atoms with E-state index in [4.69, 9.17) is 0 Å². The van der Waals surface area contributed by atoms with Gasteiger partial charge in [0.05, 0.1) is 0 Å². The van der Waals surface area contributed by atoms with E-state index < -0.39 is 0 Å². The Kier molecular flexibility index (Phi) is 25.8. The van der Waals surface area contributed by atoms with Crippen LogP contribution in [0.25, 0.3) is 0 Å². The maximum absolute atomic E-state index is 9.44. The number of carbonyl (C=O) groups excluding carboxylic acids is 2. The van der Waals surface area contributed by atoms with E-state index in [2.05, 4.69) is 12.5 Å². The summed E-state index contributed by atoms with van der Waals surface area (Å²) in [5.41, 5.74) is 0. The van der Waals surface area contributed by atoms with Gasteiger partial charge >= 0.3 is 0 Å². The van der Waals surface area contributed by atoms with Crippen LogP contribution in [0.3, 0.4) is 0 Å². The molecule has 4 heteroatoms. The first-order valence-corrected chi connectivity index (χ1v) is 6.36. The minimum absolute atomic E-state index is 0.167. The fourth-order valence-electron chi connectivity index (χ4n) is 0. The molecule has 0 amide bonds. The van der Waals surface area contributed by atoms with Crippen molar-refractivity contribution in [3.05, 3.63) is 0 Å². The lowest BCUT2D eigenvalue weighted by molar-refractivity contribution is -0.115. The Bertz CT molecular complexity index is 91.6. The second-order valence-corrected chi connectivity index (χ2v) is 4.82. The van der Waals surface area contributed by atoms with E-state index in [1.54, 1.807) is 21.6 Å². The molecule has 12 heavy (non-hydrogen) atoms. The van der Waals surface area contributed by atoms with Crippen LogP contribution in [0.4, 0.5) is 0 Å². The van der Waals surface area contributed by atoms with Gasteiger partial charge in [0.1, 0.15) is 11.6 Å². The van der Waals surface area contributed by atoms with E-state index in [0.717, 1.165) is 0 Å². The van der Waals surface area contributed by atoms with Crippen molar-refractivity contribution in [2.24, 2.45) is 0 Å². The topological polar surface area (TPSA) is 34.1 Å². The van der Waals surface area contributed by atoms with E-state index >= 15 is 0 Å². The highest BCUT2D eigenvalue weighted by Gasteiger charge is 1.62. The number of hydrogen-bond acceptors (Lipinski definition) is 4. The van der Waals surface area contributed by atoms with Gasteiger partial charge in [-0.3, -0.25) is 0 Å². The first-order chi connectivity index (χ1) is 5.38. The molecule has 0 aliphatic carbocycles. The molecule has 0 aliphatic heterocycles. The minimum atomic E-state index is 0.167. The minimum Gasteiger partial charge on any atom is -0.300 e. The summed E-state index contributed by atoms with van der Waals surface area (Å²) in [5.74, 6) is 0.333. The van der Waals surface area contributed by atoms with Gasteiger partial charge in [-0.15, -0.1) is 0 Å². The summed E-state index contributed by atoms with van der Waals surface area (Å²) in [7, 11) is 3.55. The summed E-state index contributed by atoms with van der Waals surface area (Å²) >= 11 is 0. The van der Waals surface area contributed by atoms with Crippen LogP contribution in [0.1, 0.15) is 27.7 Å².